The van der Waals surface area contributed by atoms with Gasteiger partial charge in [-0.2, -0.15) is 0 Å². The molecule has 1 saturated carbocycles. The van der Waals surface area contributed by atoms with Crippen molar-refractivity contribution in [3.8, 4) is 0 Å². The van der Waals surface area contributed by atoms with Crippen molar-refractivity contribution in [1.82, 2.24) is 9.80 Å². The molecule has 2 aromatic carbocycles. The Kier molecular flexibility index (Phi) is 5.39. The van der Waals surface area contributed by atoms with Crippen molar-refractivity contribution in [3.63, 3.8) is 0 Å². The van der Waals surface area contributed by atoms with Gasteiger partial charge in [-0.15, -0.1) is 0 Å². The van der Waals surface area contributed by atoms with Crippen LogP contribution >= 0.6 is 0 Å². The summed E-state index contributed by atoms with van der Waals surface area (Å²) in [6.07, 6.45) is 0.574. The molecule has 1 N–H and O–H groups in total. The smallest absolute Gasteiger partial charge is 0.228 e. The molecule has 6 heteroatoms. The molecule has 1 aliphatic heterocycles. The summed E-state index contributed by atoms with van der Waals surface area (Å²) in [6, 6.07) is 16.1. The lowest BCUT2D eigenvalue weighted by atomic mass is 10.2. The van der Waals surface area contributed by atoms with Crippen LogP contribution in [0.15, 0.2) is 54.6 Å². The van der Waals surface area contributed by atoms with Crippen molar-refractivity contribution in [2.75, 3.05) is 31.5 Å². The molecule has 2 atom stereocenters. The first-order chi connectivity index (χ1) is 13.6. The highest BCUT2D eigenvalue weighted by molar-refractivity contribution is 5.99. The van der Waals surface area contributed by atoms with Crippen LogP contribution in [0.25, 0.3) is 0 Å². The second kappa shape index (κ2) is 8.10. The number of benzene rings is 2. The summed E-state index contributed by atoms with van der Waals surface area (Å²) in [4.78, 5) is 29.3. The highest BCUT2D eigenvalue weighted by Crippen LogP contribution is 2.41. The lowest BCUT2D eigenvalue weighted by molar-refractivity contribution is -0.135. The van der Waals surface area contributed by atoms with E-state index in [9.17, 15) is 14.0 Å². The fourth-order valence-corrected chi connectivity index (χ4v) is 3.76. The van der Waals surface area contributed by atoms with Gasteiger partial charge in [-0.05, 0) is 30.2 Å². The molecule has 2 fully saturated rings. The van der Waals surface area contributed by atoms with E-state index >= 15 is 0 Å². The van der Waals surface area contributed by atoms with Gasteiger partial charge in [0, 0.05) is 38.4 Å². The molecule has 146 valence electrons. The maximum absolute atomic E-state index is 13.2. The zero-order valence-electron chi connectivity index (χ0n) is 15.7. The van der Waals surface area contributed by atoms with Crippen molar-refractivity contribution in [2.45, 2.75) is 13.0 Å². The molecule has 5 nitrogen and oxygen atoms in total. The molecule has 28 heavy (non-hydrogen) atoms. The largest absolute Gasteiger partial charge is 0.340 e. The van der Waals surface area contributed by atoms with E-state index < -0.39 is 5.82 Å². The summed E-state index contributed by atoms with van der Waals surface area (Å²) in [7, 11) is 0. The van der Waals surface area contributed by atoms with Gasteiger partial charge in [0.25, 0.3) is 0 Å². The van der Waals surface area contributed by atoms with Gasteiger partial charge in [0.2, 0.25) is 11.8 Å². The topological polar surface area (TPSA) is 52.7 Å². The van der Waals surface area contributed by atoms with E-state index in [1.807, 2.05) is 23.1 Å². The predicted molar refractivity (Wildman–Crippen MR) is 105 cm³/mol. The van der Waals surface area contributed by atoms with E-state index in [1.54, 1.807) is 12.1 Å². The summed E-state index contributed by atoms with van der Waals surface area (Å²) in [5, 5.41) is 2.71. The van der Waals surface area contributed by atoms with Gasteiger partial charge in [0.05, 0.1) is 11.8 Å². The molecule has 2 aliphatic rings. The van der Waals surface area contributed by atoms with Crippen molar-refractivity contribution < 1.29 is 14.0 Å². The molecule has 0 aromatic heterocycles. The molecule has 1 saturated heterocycles. The molecule has 2 unspecified atom stereocenters. The van der Waals surface area contributed by atoms with Crippen molar-refractivity contribution in [1.29, 1.82) is 0 Å². The SMILES string of the molecule is O=C(Nc1cccc(F)c1)C1CC1C(=O)N1CCN(Cc2ccccc2)CC1. The Balaban J connectivity index is 1.24. The summed E-state index contributed by atoms with van der Waals surface area (Å²) in [5.41, 5.74) is 1.70. The third kappa shape index (κ3) is 4.39. The number of rotatable bonds is 5. The first-order valence-corrected chi connectivity index (χ1v) is 9.71. The van der Waals surface area contributed by atoms with Crippen LogP contribution in [0.1, 0.15) is 12.0 Å². The Morgan fingerprint density at radius 3 is 2.43 bits per heavy atom. The fraction of sp³-hybridized carbons (Fsp3) is 0.364. The Labute approximate surface area is 164 Å². The number of hydrogen-bond donors (Lipinski definition) is 1. The second-order valence-electron chi connectivity index (χ2n) is 7.54. The van der Waals surface area contributed by atoms with Gasteiger partial charge < -0.3 is 10.2 Å². The van der Waals surface area contributed by atoms with Crippen molar-refractivity contribution in [2.24, 2.45) is 11.8 Å². The maximum atomic E-state index is 13.2. The van der Waals surface area contributed by atoms with Gasteiger partial charge >= 0.3 is 0 Å². The third-order valence-electron chi connectivity index (χ3n) is 5.47. The minimum Gasteiger partial charge on any atom is -0.340 e. The van der Waals surface area contributed by atoms with Crippen LogP contribution < -0.4 is 5.32 Å². The summed E-state index contributed by atoms with van der Waals surface area (Å²) < 4.78 is 13.2. The van der Waals surface area contributed by atoms with Crippen LogP contribution in [0, 0.1) is 17.7 Å². The number of nitrogens with one attached hydrogen (secondary N) is 1. The Bertz CT molecular complexity index is 850. The molecule has 1 aliphatic carbocycles. The summed E-state index contributed by atoms with van der Waals surface area (Å²) in [5.74, 6) is -1.08. The summed E-state index contributed by atoms with van der Waals surface area (Å²) >= 11 is 0. The van der Waals surface area contributed by atoms with Gasteiger partial charge in [0.1, 0.15) is 5.82 Å². The Hall–Kier alpha value is -2.73. The van der Waals surface area contributed by atoms with Gasteiger partial charge in [-0.1, -0.05) is 36.4 Å². The molecule has 0 radical (unpaired) electrons. The van der Waals surface area contributed by atoms with Gasteiger partial charge in [0.15, 0.2) is 0 Å². The average molecular weight is 381 g/mol. The molecule has 0 bridgehead atoms. The molecule has 4 rings (SSSR count). The molecular formula is C22H24FN3O2. The molecular weight excluding hydrogens is 357 g/mol. The monoisotopic (exact) mass is 381 g/mol. The van der Waals surface area contributed by atoms with E-state index in [0.717, 1.165) is 19.6 Å². The number of nitrogens with zero attached hydrogens (tertiary/aromatic N) is 2. The number of carbonyl (C=O) groups is 2. The van der Waals surface area contributed by atoms with E-state index in [2.05, 4.69) is 22.3 Å². The van der Waals surface area contributed by atoms with Gasteiger partial charge in [-0.25, -0.2) is 4.39 Å². The lowest BCUT2D eigenvalue weighted by Crippen LogP contribution is -2.49. The zero-order valence-corrected chi connectivity index (χ0v) is 15.7. The number of carbonyl (C=O) groups excluding carboxylic acids is 2. The maximum Gasteiger partial charge on any atom is 0.228 e. The minimum absolute atomic E-state index is 0.0683. The number of hydrogen-bond acceptors (Lipinski definition) is 3. The Morgan fingerprint density at radius 2 is 1.71 bits per heavy atom. The normalized spacial score (nSPS) is 22.0. The van der Waals surface area contributed by atoms with Crippen LogP contribution in [-0.2, 0) is 16.1 Å². The van der Waals surface area contributed by atoms with Crippen molar-refractivity contribution in [3.05, 3.63) is 66.0 Å². The quantitative estimate of drug-likeness (QED) is 0.867. The van der Waals surface area contributed by atoms with Crippen LogP contribution in [-0.4, -0.2) is 47.8 Å². The van der Waals surface area contributed by atoms with Crippen LogP contribution in [0.5, 0.6) is 0 Å². The fourth-order valence-electron chi connectivity index (χ4n) is 3.76. The minimum atomic E-state index is -0.394. The highest BCUT2D eigenvalue weighted by Gasteiger charge is 2.49. The first-order valence-electron chi connectivity index (χ1n) is 9.71. The second-order valence-corrected chi connectivity index (χ2v) is 7.54. The van der Waals surface area contributed by atoms with E-state index in [-0.39, 0.29) is 23.7 Å². The number of anilines is 1. The van der Waals surface area contributed by atoms with E-state index in [1.165, 1.54) is 17.7 Å². The van der Waals surface area contributed by atoms with Crippen LogP contribution in [0.2, 0.25) is 0 Å². The molecule has 1 heterocycles. The average Bonchev–Trinajstić information content (AvgIpc) is 3.50. The highest BCUT2D eigenvalue weighted by atomic mass is 19.1. The molecule has 2 aromatic rings. The van der Waals surface area contributed by atoms with Gasteiger partial charge in [-0.3, -0.25) is 14.5 Å². The molecule has 2 amide bonds. The van der Waals surface area contributed by atoms with Crippen LogP contribution in [0.3, 0.4) is 0 Å². The van der Waals surface area contributed by atoms with E-state index in [4.69, 9.17) is 0 Å². The summed E-state index contributed by atoms with van der Waals surface area (Å²) in [6.45, 7) is 3.97. The first kappa shape index (κ1) is 18.6. The number of piperazine rings is 1. The predicted octanol–water partition coefficient (Wildman–Crippen LogP) is 2.74. The number of halogens is 1. The van der Waals surface area contributed by atoms with Crippen LogP contribution in [0.4, 0.5) is 10.1 Å². The lowest BCUT2D eigenvalue weighted by Gasteiger charge is -2.35. The van der Waals surface area contributed by atoms with E-state index in [0.29, 0.717) is 25.2 Å². The Morgan fingerprint density at radius 1 is 0.964 bits per heavy atom. The molecule has 0 spiro atoms. The number of amides is 2. The standard InChI is InChI=1S/C22H24FN3O2/c23-17-7-4-8-18(13-17)24-21(27)19-14-20(19)22(28)26-11-9-25(10-12-26)15-16-5-2-1-3-6-16/h1-8,13,19-20H,9-12,14-15H2,(H,24,27). The third-order valence-corrected chi connectivity index (χ3v) is 5.47. The van der Waals surface area contributed by atoms with Crippen molar-refractivity contribution >= 4 is 17.5 Å². The zero-order chi connectivity index (χ0) is 19.5.